The highest BCUT2D eigenvalue weighted by Crippen LogP contribution is 2.23. The van der Waals surface area contributed by atoms with Crippen LogP contribution < -0.4 is 4.74 Å². The Kier molecular flexibility index (Phi) is 3.64. The average Bonchev–Trinajstić information content (AvgIpc) is 2.63. The highest BCUT2D eigenvalue weighted by atomic mass is 19.4. The van der Waals surface area contributed by atoms with E-state index in [4.69, 9.17) is 4.74 Å². The number of nitrogens with zero attached hydrogens (tertiary/aromatic N) is 2. The van der Waals surface area contributed by atoms with E-state index < -0.39 is 24.7 Å². The monoisotopic (exact) mass is 274 g/mol. The van der Waals surface area contributed by atoms with Crippen molar-refractivity contribution in [3.05, 3.63) is 23.9 Å². The summed E-state index contributed by atoms with van der Waals surface area (Å²) in [5, 5.41) is 0. The Morgan fingerprint density at radius 2 is 2.21 bits per heavy atom. The topological polar surface area (TPSA) is 42.4 Å². The van der Waals surface area contributed by atoms with Crippen molar-refractivity contribution in [2.45, 2.75) is 25.6 Å². The van der Waals surface area contributed by atoms with Crippen LogP contribution >= 0.6 is 0 Å². The number of aromatic nitrogens is 1. The molecule has 0 aromatic carbocycles. The van der Waals surface area contributed by atoms with Gasteiger partial charge in [-0.25, -0.2) is 4.98 Å². The third kappa shape index (κ3) is 3.59. The van der Waals surface area contributed by atoms with Crippen molar-refractivity contribution in [1.29, 1.82) is 0 Å². The van der Waals surface area contributed by atoms with E-state index in [1.54, 1.807) is 18.3 Å². The second-order valence-corrected chi connectivity index (χ2v) is 4.44. The molecule has 1 aromatic rings. The van der Waals surface area contributed by atoms with Crippen molar-refractivity contribution < 1.29 is 22.7 Å². The molecule has 1 saturated heterocycles. The van der Waals surface area contributed by atoms with E-state index >= 15 is 0 Å². The maximum absolute atomic E-state index is 12.2. The van der Waals surface area contributed by atoms with Crippen LogP contribution in [0.15, 0.2) is 18.3 Å². The van der Waals surface area contributed by atoms with Gasteiger partial charge < -0.3 is 9.64 Å². The fourth-order valence-electron chi connectivity index (χ4n) is 1.86. The van der Waals surface area contributed by atoms with Gasteiger partial charge in [0.2, 0.25) is 5.88 Å². The summed E-state index contributed by atoms with van der Waals surface area (Å²) < 4.78 is 42.0. The van der Waals surface area contributed by atoms with Gasteiger partial charge in [0.25, 0.3) is 5.91 Å². The van der Waals surface area contributed by atoms with Gasteiger partial charge >= 0.3 is 6.18 Å². The molecular weight excluding hydrogens is 261 g/mol. The molecule has 1 aliphatic heterocycles. The Morgan fingerprint density at radius 1 is 1.47 bits per heavy atom. The van der Waals surface area contributed by atoms with Crippen LogP contribution in [0.5, 0.6) is 5.88 Å². The van der Waals surface area contributed by atoms with Gasteiger partial charge in [0.05, 0.1) is 0 Å². The standard InChI is InChI=1S/C12H13F3N2O2/c1-8-2-3-10(16-6-8)19-9-4-5-17(11(9)18)7-12(13,14)15/h2-3,6,9H,4-5,7H2,1H3. The van der Waals surface area contributed by atoms with Crippen LogP contribution in [0.3, 0.4) is 0 Å². The van der Waals surface area contributed by atoms with Crippen LogP contribution in [-0.4, -0.2) is 41.2 Å². The van der Waals surface area contributed by atoms with Gasteiger partial charge in [-0.15, -0.1) is 0 Å². The summed E-state index contributed by atoms with van der Waals surface area (Å²) in [6, 6.07) is 3.35. The summed E-state index contributed by atoms with van der Waals surface area (Å²) in [5.74, 6) is -0.391. The minimum atomic E-state index is -4.38. The number of ether oxygens (including phenoxy) is 1. The third-order valence-electron chi connectivity index (χ3n) is 2.77. The molecule has 0 aliphatic carbocycles. The first-order chi connectivity index (χ1) is 8.85. The van der Waals surface area contributed by atoms with Crippen molar-refractivity contribution in [3.63, 3.8) is 0 Å². The van der Waals surface area contributed by atoms with Gasteiger partial charge in [-0.3, -0.25) is 4.79 Å². The van der Waals surface area contributed by atoms with Crippen LogP contribution in [0.25, 0.3) is 0 Å². The Balaban J connectivity index is 1.96. The number of halogens is 3. The second kappa shape index (κ2) is 5.07. The van der Waals surface area contributed by atoms with Crippen molar-refractivity contribution >= 4 is 5.91 Å². The van der Waals surface area contributed by atoms with Crippen LogP contribution in [0.2, 0.25) is 0 Å². The molecular formula is C12H13F3N2O2. The molecule has 2 heterocycles. The molecule has 1 fully saturated rings. The van der Waals surface area contributed by atoms with Crippen molar-refractivity contribution in [1.82, 2.24) is 9.88 Å². The molecule has 104 valence electrons. The number of pyridine rings is 1. The molecule has 0 bridgehead atoms. The predicted molar refractivity (Wildman–Crippen MR) is 60.6 cm³/mol. The Labute approximate surface area is 108 Å². The first kappa shape index (κ1) is 13.6. The van der Waals surface area contributed by atoms with Gasteiger partial charge in [0.1, 0.15) is 6.54 Å². The van der Waals surface area contributed by atoms with Crippen molar-refractivity contribution in [3.8, 4) is 5.88 Å². The second-order valence-electron chi connectivity index (χ2n) is 4.44. The molecule has 1 aromatic heterocycles. The highest BCUT2D eigenvalue weighted by molar-refractivity contribution is 5.83. The summed E-state index contributed by atoms with van der Waals surface area (Å²) in [4.78, 5) is 16.5. The lowest BCUT2D eigenvalue weighted by Crippen LogP contribution is -2.38. The summed E-state index contributed by atoms with van der Waals surface area (Å²) in [6.45, 7) is 0.671. The zero-order valence-corrected chi connectivity index (χ0v) is 10.3. The van der Waals surface area contributed by atoms with E-state index in [-0.39, 0.29) is 18.8 Å². The van der Waals surface area contributed by atoms with Gasteiger partial charge in [0, 0.05) is 25.2 Å². The minimum absolute atomic E-state index is 0.0505. The SMILES string of the molecule is Cc1ccc(OC2CCN(CC(F)(F)F)C2=O)nc1. The number of aryl methyl sites for hydroxylation is 1. The number of carbonyl (C=O) groups is 1. The molecule has 2 rings (SSSR count). The number of alkyl halides is 3. The fraction of sp³-hybridized carbons (Fsp3) is 0.500. The minimum Gasteiger partial charge on any atom is -0.464 e. The van der Waals surface area contributed by atoms with E-state index in [9.17, 15) is 18.0 Å². The average molecular weight is 274 g/mol. The summed E-state index contributed by atoms with van der Waals surface area (Å²) in [7, 11) is 0. The quantitative estimate of drug-likeness (QED) is 0.846. The Morgan fingerprint density at radius 3 is 2.79 bits per heavy atom. The lowest BCUT2D eigenvalue weighted by atomic mass is 10.3. The fourth-order valence-corrected chi connectivity index (χ4v) is 1.86. The van der Waals surface area contributed by atoms with Gasteiger partial charge in [-0.1, -0.05) is 6.07 Å². The number of amides is 1. The van der Waals surface area contributed by atoms with Crippen molar-refractivity contribution in [2.75, 3.05) is 13.1 Å². The smallest absolute Gasteiger partial charge is 0.406 e. The van der Waals surface area contributed by atoms with Gasteiger partial charge in [0.15, 0.2) is 6.10 Å². The maximum atomic E-state index is 12.2. The number of hydrogen-bond donors (Lipinski definition) is 0. The lowest BCUT2D eigenvalue weighted by Gasteiger charge is -2.18. The summed E-state index contributed by atoms with van der Waals surface area (Å²) in [5.41, 5.74) is 0.934. The Hall–Kier alpha value is -1.79. The first-order valence-corrected chi connectivity index (χ1v) is 5.80. The van der Waals surface area contributed by atoms with Crippen LogP contribution in [0.1, 0.15) is 12.0 Å². The molecule has 19 heavy (non-hydrogen) atoms. The molecule has 0 saturated carbocycles. The number of hydrogen-bond acceptors (Lipinski definition) is 3. The molecule has 1 atom stereocenters. The highest BCUT2D eigenvalue weighted by Gasteiger charge is 2.40. The zero-order chi connectivity index (χ0) is 14.0. The molecule has 1 aliphatic rings. The van der Waals surface area contributed by atoms with Crippen LogP contribution in [-0.2, 0) is 4.79 Å². The van der Waals surface area contributed by atoms with Gasteiger partial charge in [-0.05, 0) is 12.5 Å². The summed E-state index contributed by atoms with van der Waals surface area (Å²) >= 11 is 0. The van der Waals surface area contributed by atoms with Crippen molar-refractivity contribution in [2.24, 2.45) is 0 Å². The first-order valence-electron chi connectivity index (χ1n) is 5.80. The predicted octanol–water partition coefficient (Wildman–Crippen LogP) is 1.93. The molecule has 0 spiro atoms. The normalized spacial score (nSPS) is 19.9. The number of carbonyl (C=O) groups excluding carboxylic acids is 1. The molecule has 7 heteroatoms. The van der Waals surface area contributed by atoms with E-state index in [1.165, 1.54) is 0 Å². The zero-order valence-electron chi connectivity index (χ0n) is 10.3. The van der Waals surface area contributed by atoms with E-state index in [1.807, 2.05) is 6.92 Å². The van der Waals surface area contributed by atoms with Crippen LogP contribution in [0.4, 0.5) is 13.2 Å². The molecule has 0 N–H and O–H groups in total. The Bertz CT molecular complexity index is 459. The largest absolute Gasteiger partial charge is 0.464 e. The maximum Gasteiger partial charge on any atom is 0.406 e. The van der Waals surface area contributed by atoms with Crippen LogP contribution in [0, 0.1) is 6.92 Å². The molecule has 1 unspecified atom stereocenters. The number of rotatable bonds is 3. The van der Waals surface area contributed by atoms with E-state index in [0.29, 0.717) is 0 Å². The van der Waals surface area contributed by atoms with E-state index in [2.05, 4.69) is 4.98 Å². The van der Waals surface area contributed by atoms with Gasteiger partial charge in [-0.2, -0.15) is 13.2 Å². The molecule has 1 amide bonds. The number of likely N-dealkylation sites (tertiary alicyclic amines) is 1. The summed E-state index contributed by atoms with van der Waals surface area (Å²) in [6.07, 6.45) is -3.45. The molecule has 0 radical (unpaired) electrons. The molecule has 4 nitrogen and oxygen atoms in total. The third-order valence-corrected chi connectivity index (χ3v) is 2.77. The lowest BCUT2D eigenvalue weighted by molar-refractivity contribution is -0.159. The van der Waals surface area contributed by atoms with E-state index in [0.717, 1.165) is 10.5 Å².